The van der Waals surface area contributed by atoms with Gasteiger partial charge in [0.2, 0.25) is 0 Å². The normalized spacial score (nSPS) is 9.33. The number of hydroxylamine groups is 1. The molecule has 0 aliphatic heterocycles. The molecule has 0 unspecified atom stereocenters. The van der Waals surface area contributed by atoms with Crippen molar-refractivity contribution in [3.8, 4) is 6.07 Å². The summed E-state index contributed by atoms with van der Waals surface area (Å²) in [5, 5.41) is 8.22. The molecule has 0 aromatic heterocycles. The Morgan fingerprint density at radius 3 is 2.93 bits per heavy atom. The minimum absolute atomic E-state index is 0.235. The van der Waals surface area contributed by atoms with Crippen molar-refractivity contribution in [2.75, 3.05) is 0 Å². The number of aryl methyl sites for hydroxylation is 1. The minimum Gasteiger partial charge on any atom is -0.369 e. The second-order valence-electron chi connectivity index (χ2n) is 3.06. The Bertz CT molecular complexity index is 382. The maximum Gasteiger partial charge on any atom is 0.338 e. The van der Waals surface area contributed by atoms with Crippen LogP contribution in [0.25, 0.3) is 0 Å². The average molecular weight is 204 g/mol. The number of nitrogens with one attached hydrogen (secondary N) is 1. The summed E-state index contributed by atoms with van der Waals surface area (Å²) in [6.07, 6.45) is -0.235. The van der Waals surface area contributed by atoms with Gasteiger partial charge in [-0.25, -0.2) is 4.79 Å². The molecule has 0 saturated carbocycles. The van der Waals surface area contributed by atoms with E-state index in [1.807, 2.05) is 31.2 Å². The predicted molar refractivity (Wildman–Crippen MR) is 54.3 cm³/mol. The van der Waals surface area contributed by atoms with Crippen LogP contribution >= 0.6 is 0 Å². The van der Waals surface area contributed by atoms with Gasteiger partial charge in [-0.05, 0) is 18.1 Å². The highest BCUT2D eigenvalue weighted by Gasteiger charge is 2.01. The molecule has 0 atom stereocenters. The predicted octanol–water partition coefficient (Wildman–Crippen LogP) is 1.46. The molecule has 0 bridgehead atoms. The highest BCUT2D eigenvalue weighted by Crippen LogP contribution is 2.05. The van der Waals surface area contributed by atoms with Gasteiger partial charge in [0.25, 0.3) is 0 Å². The van der Waals surface area contributed by atoms with E-state index in [9.17, 15) is 4.79 Å². The fourth-order valence-corrected chi connectivity index (χ4v) is 1.10. The lowest BCUT2D eigenvalue weighted by atomic mass is 10.1. The largest absolute Gasteiger partial charge is 0.369 e. The lowest BCUT2D eigenvalue weighted by molar-refractivity contribution is -0.150. The molecule has 4 nitrogen and oxygen atoms in total. The molecular formula is C11H12N2O2. The molecule has 0 spiro atoms. The van der Waals surface area contributed by atoms with Gasteiger partial charge in [-0.15, -0.1) is 5.48 Å². The number of nitrogens with zero attached hydrogens (tertiary/aromatic N) is 1. The lowest BCUT2D eigenvalue weighted by Crippen LogP contribution is -2.19. The molecule has 1 aromatic carbocycles. The number of carbonyl (C=O) groups excluding carboxylic acids is 1. The maximum atomic E-state index is 10.8. The average Bonchev–Trinajstić information content (AvgIpc) is 2.21. The van der Waals surface area contributed by atoms with Crippen LogP contribution in [0.15, 0.2) is 24.3 Å². The summed E-state index contributed by atoms with van der Waals surface area (Å²) in [6, 6.07) is 9.50. The van der Waals surface area contributed by atoms with Gasteiger partial charge < -0.3 is 4.84 Å². The van der Waals surface area contributed by atoms with E-state index in [2.05, 4.69) is 10.3 Å². The number of carbonyl (C=O) groups is 1. The van der Waals surface area contributed by atoms with Crippen LogP contribution < -0.4 is 5.48 Å². The summed E-state index contributed by atoms with van der Waals surface area (Å²) < 4.78 is 0. The SMILES string of the molecule is Cc1ccccc1CNOC(=O)CC#N. The minimum atomic E-state index is -0.564. The molecule has 0 radical (unpaired) electrons. The van der Waals surface area contributed by atoms with E-state index in [0.29, 0.717) is 6.54 Å². The molecular weight excluding hydrogens is 192 g/mol. The smallest absolute Gasteiger partial charge is 0.338 e. The topological polar surface area (TPSA) is 62.1 Å². The molecule has 0 heterocycles. The van der Waals surface area contributed by atoms with Crippen molar-refractivity contribution in [1.29, 1.82) is 5.26 Å². The van der Waals surface area contributed by atoms with E-state index in [1.54, 1.807) is 6.07 Å². The summed E-state index contributed by atoms with van der Waals surface area (Å²) in [6.45, 7) is 2.43. The molecule has 78 valence electrons. The highest BCUT2D eigenvalue weighted by atomic mass is 16.7. The number of rotatable bonds is 4. The van der Waals surface area contributed by atoms with Crippen molar-refractivity contribution in [3.05, 3.63) is 35.4 Å². The molecule has 4 heteroatoms. The molecule has 0 aliphatic carbocycles. The van der Waals surface area contributed by atoms with Crippen molar-refractivity contribution >= 4 is 5.97 Å². The molecule has 0 saturated heterocycles. The van der Waals surface area contributed by atoms with Crippen LogP contribution in [0.3, 0.4) is 0 Å². The third-order valence-electron chi connectivity index (χ3n) is 1.93. The zero-order valence-corrected chi connectivity index (χ0v) is 8.49. The fourth-order valence-electron chi connectivity index (χ4n) is 1.10. The van der Waals surface area contributed by atoms with E-state index in [0.717, 1.165) is 11.1 Å². The van der Waals surface area contributed by atoms with E-state index in [1.165, 1.54) is 0 Å². The van der Waals surface area contributed by atoms with Crippen molar-refractivity contribution < 1.29 is 9.63 Å². The Morgan fingerprint density at radius 1 is 1.53 bits per heavy atom. The third-order valence-corrected chi connectivity index (χ3v) is 1.93. The second kappa shape index (κ2) is 5.78. The highest BCUT2D eigenvalue weighted by molar-refractivity contribution is 5.71. The van der Waals surface area contributed by atoms with Gasteiger partial charge in [-0.1, -0.05) is 24.3 Å². The Balaban J connectivity index is 2.36. The Hall–Kier alpha value is -1.86. The molecule has 0 fully saturated rings. The zero-order valence-electron chi connectivity index (χ0n) is 8.49. The molecule has 0 amide bonds. The van der Waals surface area contributed by atoms with Crippen molar-refractivity contribution in [2.24, 2.45) is 0 Å². The second-order valence-corrected chi connectivity index (χ2v) is 3.06. The molecule has 1 N–H and O–H groups in total. The summed E-state index contributed by atoms with van der Waals surface area (Å²) in [7, 11) is 0. The summed E-state index contributed by atoms with van der Waals surface area (Å²) in [5.74, 6) is -0.564. The fraction of sp³-hybridized carbons (Fsp3) is 0.273. The standard InChI is InChI=1S/C11H12N2O2/c1-9-4-2-3-5-10(9)8-13-15-11(14)6-7-12/h2-5,13H,6,8H2,1H3. The molecule has 15 heavy (non-hydrogen) atoms. The third kappa shape index (κ3) is 3.79. The van der Waals surface area contributed by atoms with Gasteiger partial charge >= 0.3 is 5.97 Å². The van der Waals surface area contributed by atoms with Gasteiger partial charge in [0.15, 0.2) is 0 Å². The van der Waals surface area contributed by atoms with Crippen LogP contribution in [0.1, 0.15) is 17.5 Å². The van der Waals surface area contributed by atoms with Crippen LogP contribution in [0, 0.1) is 18.3 Å². The monoisotopic (exact) mass is 204 g/mol. The van der Waals surface area contributed by atoms with Gasteiger partial charge in [0, 0.05) is 0 Å². The number of hydrogen-bond acceptors (Lipinski definition) is 4. The van der Waals surface area contributed by atoms with E-state index >= 15 is 0 Å². The first-order valence-electron chi connectivity index (χ1n) is 4.58. The van der Waals surface area contributed by atoms with Gasteiger partial charge in [-0.3, -0.25) is 0 Å². The van der Waals surface area contributed by atoms with Gasteiger partial charge in [0.05, 0.1) is 12.6 Å². The van der Waals surface area contributed by atoms with Gasteiger partial charge in [0.1, 0.15) is 6.42 Å². The van der Waals surface area contributed by atoms with E-state index in [4.69, 9.17) is 5.26 Å². The van der Waals surface area contributed by atoms with Crippen LogP contribution in [0.5, 0.6) is 0 Å². The number of benzene rings is 1. The summed E-state index contributed by atoms with van der Waals surface area (Å²) >= 11 is 0. The first-order valence-corrected chi connectivity index (χ1v) is 4.58. The van der Waals surface area contributed by atoms with E-state index < -0.39 is 5.97 Å². The van der Waals surface area contributed by atoms with Crippen molar-refractivity contribution in [1.82, 2.24) is 5.48 Å². The lowest BCUT2D eigenvalue weighted by Gasteiger charge is -2.06. The molecule has 0 aliphatic rings. The van der Waals surface area contributed by atoms with Crippen molar-refractivity contribution in [2.45, 2.75) is 19.9 Å². The van der Waals surface area contributed by atoms with Crippen molar-refractivity contribution in [3.63, 3.8) is 0 Å². The van der Waals surface area contributed by atoms with Crippen LogP contribution in [-0.2, 0) is 16.2 Å². The van der Waals surface area contributed by atoms with Gasteiger partial charge in [-0.2, -0.15) is 5.26 Å². The summed E-state index contributed by atoms with van der Waals surface area (Å²) in [5.41, 5.74) is 4.71. The Labute approximate surface area is 88.4 Å². The zero-order chi connectivity index (χ0) is 11.1. The molecule has 1 rings (SSSR count). The molecule has 1 aromatic rings. The Morgan fingerprint density at radius 2 is 2.27 bits per heavy atom. The Kier molecular flexibility index (Phi) is 4.32. The van der Waals surface area contributed by atoms with Crippen LogP contribution in [0.4, 0.5) is 0 Å². The van der Waals surface area contributed by atoms with E-state index in [-0.39, 0.29) is 6.42 Å². The van der Waals surface area contributed by atoms with Crippen LogP contribution in [-0.4, -0.2) is 5.97 Å². The summed E-state index contributed by atoms with van der Waals surface area (Å²) in [4.78, 5) is 15.4. The number of nitriles is 1. The quantitative estimate of drug-likeness (QED) is 0.754. The first kappa shape index (κ1) is 11.2. The maximum absolute atomic E-state index is 10.8. The first-order chi connectivity index (χ1) is 7.24. The van der Waals surface area contributed by atoms with Crippen LogP contribution in [0.2, 0.25) is 0 Å². The number of hydrogen-bond donors (Lipinski definition) is 1.